The molecule has 0 bridgehead atoms. The molecule has 0 atom stereocenters. The molecule has 0 heterocycles. The number of fused-ring (bicyclic) bond motifs is 6. The molecule has 2 aliphatic carbocycles. The summed E-state index contributed by atoms with van der Waals surface area (Å²) in [5.74, 6) is 0.462. The van der Waals surface area contributed by atoms with Crippen LogP contribution in [0.2, 0.25) is 0 Å². The molecule has 0 heteroatoms. The lowest BCUT2D eigenvalue weighted by Gasteiger charge is -2.23. The second-order valence-corrected chi connectivity index (χ2v) is 8.76. The summed E-state index contributed by atoms with van der Waals surface area (Å²) >= 11 is 0. The van der Waals surface area contributed by atoms with Gasteiger partial charge in [-0.3, -0.25) is 0 Å². The van der Waals surface area contributed by atoms with E-state index in [1.54, 1.807) is 11.1 Å². The average Bonchev–Trinajstić information content (AvgIpc) is 3.36. The van der Waals surface area contributed by atoms with Crippen LogP contribution in [0.1, 0.15) is 59.1 Å². The first-order valence-electron chi connectivity index (χ1n) is 11.2. The SMILES string of the molecule is CCCC(c1cccc2c1Cc1ccccc1-2)c1cccc2c1Cc1ccccc1-2. The van der Waals surface area contributed by atoms with Gasteiger partial charge in [-0.2, -0.15) is 0 Å². The first-order valence-corrected chi connectivity index (χ1v) is 11.2. The Balaban J connectivity index is 1.51. The van der Waals surface area contributed by atoms with Gasteiger partial charge in [0.25, 0.3) is 0 Å². The summed E-state index contributed by atoms with van der Waals surface area (Å²) < 4.78 is 0. The van der Waals surface area contributed by atoms with Crippen LogP contribution in [-0.2, 0) is 12.8 Å². The van der Waals surface area contributed by atoms with Crippen molar-refractivity contribution in [2.75, 3.05) is 0 Å². The van der Waals surface area contributed by atoms with E-state index in [9.17, 15) is 0 Å². The Morgan fingerprint density at radius 1 is 0.567 bits per heavy atom. The lowest BCUT2D eigenvalue weighted by molar-refractivity contribution is 0.689. The van der Waals surface area contributed by atoms with Gasteiger partial charge in [0.15, 0.2) is 0 Å². The largest absolute Gasteiger partial charge is 0.0653 e. The fourth-order valence-electron chi connectivity index (χ4n) is 5.78. The van der Waals surface area contributed by atoms with E-state index in [0.717, 1.165) is 12.8 Å². The zero-order chi connectivity index (χ0) is 20.1. The van der Waals surface area contributed by atoms with E-state index >= 15 is 0 Å². The van der Waals surface area contributed by atoms with Crippen LogP contribution in [0.15, 0.2) is 84.9 Å². The van der Waals surface area contributed by atoms with Crippen LogP contribution in [0, 0.1) is 0 Å². The molecule has 0 spiro atoms. The van der Waals surface area contributed by atoms with Gasteiger partial charge < -0.3 is 0 Å². The summed E-state index contributed by atoms with van der Waals surface area (Å²) in [6.45, 7) is 2.32. The zero-order valence-corrected chi connectivity index (χ0v) is 17.5. The number of hydrogen-bond donors (Lipinski definition) is 0. The standard InChI is InChI=1S/C30H26/c1-2-9-24(27-16-7-14-25-22-12-5-3-10-20(22)18-29(25)27)28-17-8-15-26-23-13-6-4-11-21(23)19-30(26)28/h3-8,10-17,24H,2,9,18-19H2,1H3. The lowest BCUT2D eigenvalue weighted by atomic mass is 9.80. The van der Waals surface area contributed by atoms with Crippen LogP contribution in [-0.4, -0.2) is 0 Å². The molecule has 0 N–H and O–H groups in total. The molecule has 4 aromatic carbocycles. The zero-order valence-electron chi connectivity index (χ0n) is 17.5. The minimum absolute atomic E-state index is 0.462. The van der Waals surface area contributed by atoms with Crippen LogP contribution in [0.4, 0.5) is 0 Å². The molecule has 0 aromatic heterocycles. The minimum Gasteiger partial charge on any atom is -0.0653 e. The van der Waals surface area contributed by atoms with Crippen molar-refractivity contribution in [3.05, 3.63) is 118 Å². The van der Waals surface area contributed by atoms with Crippen LogP contribution in [0.3, 0.4) is 0 Å². The van der Waals surface area contributed by atoms with Gasteiger partial charge in [0.05, 0.1) is 0 Å². The van der Waals surface area contributed by atoms with Crippen LogP contribution < -0.4 is 0 Å². The van der Waals surface area contributed by atoms with Gasteiger partial charge in [-0.25, -0.2) is 0 Å². The molecule has 0 saturated heterocycles. The molecule has 0 saturated carbocycles. The molecule has 0 amide bonds. The summed E-state index contributed by atoms with van der Waals surface area (Å²) in [5, 5.41) is 0. The highest BCUT2D eigenvalue weighted by Gasteiger charge is 2.28. The Labute approximate surface area is 179 Å². The molecule has 6 rings (SSSR count). The van der Waals surface area contributed by atoms with Crippen molar-refractivity contribution in [3.63, 3.8) is 0 Å². The smallest absolute Gasteiger partial charge is 0.00953 e. The lowest BCUT2D eigenvalue weighted by Crippen LogP contribution is -2.07. The molecule has 0 nitrogen and oxygen atoms in total. The van der Waals surface area contributed by atoms with Crippen LogP contribution in [0.5, 0.6) is 0 Å². The Kier molecular flexibility index (Phi) is 4.13. The molecule has 0 aliphatic heterocycles. The third-order valence-electron chi connectivity index (χ3n) is 7.10. The van der Waals surface area contributed by atoms with Gasteiger partial charge in [-0.15, -0.1) is 0 Å². The van der Waals surface area contributed by atoms with Crippen molar-refractivity contribution in [1.29, 1.82) is 0 Å². The second kappa shape index (κ2) is 6.99. The van der Waals surface area contributed by atoms with E-state index in [1.807, 2.05) is 0 Å². The van der Waals surface area contributed by atoms with Gasteiger partial charge >= 0.3 is 0 Å². The predicted molar refractivity (Wildman–Crippen MR) is 126 cm³/mol. The third-order valence-corrected chi connectivity index (χ3v) is 7.10. The van der Waals surface area contributed by atoms with Crippen molar-refractivity contribution in [1.82, 2.24) is 0 Å². The number of rotatable bonds is 4. The summed E-state index contributed by atoms with van der Waals surface area (Å²) in [6.07, 6.45) is 4.52. The van der Waals surface area contributed by atoms with Crippen molar-refractivity contribution in [2.45, 2.75) is 38.5 Å². The first-order chi connectivity index (χ1) is 14.8. The molecule has 0 radical (unpaired) electrons. The molecular formula is C30H26. The summed E-state index contributed by atoms with van der Waals surface area (Å²) in [4.78, 5) is 0. The van der Waals surface area contributed by atoms with E-state index < -0.39 is 0 Å². The van der Waals surface area contributed by atoms with E-state index in [2.05, 4.69) is 91.9 Å². The highest BCUT2D eigenvalue weighted by Crippen LogP contribution is 2.46. The third kappa shape index (κ3) is 2.60. The molecule has 4 aromatic rings. The Morgan fingerprint density at radius 3 is 1.53 bits per heavy atom. The fraction of sp³-hybridized carbons (Fsp3) is 0.200. The number of benzene rings is 4. The predicted octanol–water partition coefficient (Wildman–Crippen LogP) is 7.76. The van der Waals surface area contributed by atoms with E-state index in [4.69, 9.17) is 0 Å². The minimum atomic E-state index is 0.462. The summed E-state index contributed by atoms with van der Waals surface area (Å²) in [5.41, 5.74) is 14.9. The quantitative estimate of drug-likeness (QED) is 0.290. The highest BCUT2D eigenvalue weighted by atomic mass is 14.3. The van der Waals surface area contributed by atoms with Gasteiger partial charge in [0, 0.05) is 5.92 Å². The fourth-order valence-corrected chi connectivity index (χ4v) is 5.78. The molecule has 146 valence electrons. The molecular weight excluding hydrogens is 360 g/mol. The maximum Gasteiger partial charge on any atom is 0.00953 e. The van der Waals surface area contributed by atoms with E-state index in [0.29, 0.717) is 5.92 Å². The monoisotopic (exact) mass is 386 g/mol. The Hall–Kier alpha value is -3.12. The normalized spacial score (nSPS) is 13.1. The molecule has 30 heavy (non-hydrogen) atoms. The van der Waals surface area contributed by atoms with Gasteiger partial charge in [-0.05, 0) is 74.9 Å². The summed E-state index contributed by atoms with van der Waals surface area (Å²) in [7, 11) is 0. The van der Waals surface area contributed by atoms with Gasteiger partial charge in [-0.1, -0.05) is 98.3 Å². The first kappa shape index (κ1) is 17.7. The van der Waals surface area contributed by atoms with Gasteiger partial charge in [0.2, 0.25) is 0 Å². The molecule has 0 fully saturated rings. The highest BCUT2D eigenvalue weighted by molar-refractivity contribution is 5.80. The van der Waals surface area contributed by atoms with Crippen molar-refractivity contribution < 1.29 is 0 Å². The topological polar surface area (TPSA) is 0 Å². The summed E-state index contributed by atoms with van der Waals surface area (Å²) in [6, 6.07) is 31.8. The molecule has 2 aliphatic rings. The number of hydrogen-bond acceptors (Lipinski definition) is 0. The van der Waals surface area contributed by atoms with Crippen LogP contribution >= 0.6 is 0 Å². The maximum atomic E-state index is 2.40. The van der Waals surface area contributed by atoms with Gasteiger partial charge in [0.1, 0.15) is 0 Å². The second-order valence-electron chi connectivity index (χ2n) is 8.76. The van der Waals surface area contributed by atoms with Crippen molar-refractivity contribution in [3.8, 4) is 22.3 Å². The van der Waals surface area contributed by atoms with E-state index in [-0.39, 0.29) is 0 Å². The maximum absolute atomic E-state index is 2.40. The Morgan fingerprint density at radius 2 is 1.03 bits per heavy atom. The van der Waals surface area contributed by atoms with Crippen molar-refractivity contribution in [2.24, 2.45) is 0 Å². The molecule has 0 unspecified atom stereocenters. The van der Waals surface area contributed by atoms with Crippen LogP contribution in [0.25, 0.3) is 22.3 Å². The van der Waals surface area contributed by atoms with E-state index in [1.165, 1.54) is 57.3 Å². The Bertz CT molecular complexity index is 1160. The van der Waals surface area contributed by atoms with Crippen molar-refractivity contribution >= 4 is 0 Å². The average molecular weight is 387 g/mol.